The van der Waals surface area contributed by atoms with Crippen molar-refractivity contribution in [1.82, 2.24) is 9.80 Å². The van der Waals surface area contributed by atoms with Crippen LogP contribution in [0.4, 0.5) is 0 Å². The first-order chi connectivity index (χ1) is 12.2. The second kappa shape index (κ2) is 7.78. The number of hydrogen-bond donors (Lipinski definition) is 0. The van der Waals surface area contributed by atoms with Crippen LogP contribution in [0.5, 0.6) is 0 Å². The maximum atomic E-state index is 12.8. The fraction of sp³-hybridized carbons (Fsp3) is 0.238. The number of hydrogen-bond acceptors (Lipinski definition) is 3. The van der Waals surface area contributed by atoms with Crippen LogP contribution >= 0.6 is 0 Å². The van der Waals surface area contributed by atoms with Crippen LogP contribution in [0.2, 0.25) is 0 Å². The molecule has 1 aliphatic heterocycles. The predicted octanol–water partition coefficient (Wildman–Crippen LogP) is 3.09. The molecular weight excluding hydrogens is 310 g/mol. The van der Waals surface area contributed by atoms with Crippen molar-refractivity contribution in [2.45, 2.75) is 6.04 Å². The molecule has 3 rings (SSSR count). The zero-order valence-electron chi connectivity index (χ0n) is 14.3. The van der Waals surface area contributed by atoms with Crippen LogP contribution in [-0.2, 0) is 4.79 Å². The van der Waals surface area contributed by atoms with Crippen LogP contribution in [0.25, 0.3) is 6.08 Å². The van der Waals surface area contributed by atoms with Crippen molar-refractivity contribution in [3.05, 3.63) is 77.4 Å². The van der Waals surface area contributed by atoms with Crippen molar-refractivity contribution in [2.24, 2.45) is 0 Å². The molecule has 1 amide bonds. The Kier molecular flexibility index (Phi) is 5.27. The number of nitriles is 1. The lowest BCUT2D eigenvalue weighted by Gasteiger charge is -2.40. The van der Waals surface area contributed by atoms with E-state index in [0.29, 0.717) is 12.1 Å². The highest BCUT2D eigenvalue weighted by Gasteiger charge is 2.28. The predicted molar refractivity (Wildman–Crippen MR) is 98.6 cm³/mol. The van der Waals surface area contributed by atoms with Crippen molar-refractivity contribution < 1.29 is 4.79 Å². The van der Waals surface area contributed by atoms with Gasteiger partial charge in [-0.15, -0.1) is 0 Å². The third kappa shape index (κ3) is 3.96. The molecule has 4 nitrogen and oxygen atoms in total. The quantitative estimate of drug-likeness (QED) is 0.812. The molecule has 0 bridgehead atoms. The summed E-state index contributed by atoms with van der Waals surface area (Å²) >= 11 is 0. The molecule has 0 unspecified atom stereocenters. The van der Waals surface area contributed by atoms with Crippen LogP contribution in [0.15, 0.2) is 60.7 Å². The maximum Gasteiger partial charge on any atom is 0.247 e. The van der Waals surface area contributed by atoms with Crippen molar-refractivity contribution >= 4 is 12.0 Å². The minimum absolute atomic E-state index is 0.0188. The lowest BCUT2D eigenvalue weighted by Crippen LogP contribution is -2.48. The fourth-order valence-electron chi connectivity index (χ4n) is 3.14. The smallest absolute Gasteiger partial charge is 0.247 e. The van der Waals surface area contributed by atoms with E-state index in [-0.39, 0.29) is 11.9 Å². The maximum absolute atomic E-state index is 12.8. The third-order valence-corrected chi connectivity index (χ3v) is 4.54. The van der Waals surface area contributed by atoms with Gasteiger partial charge in [-0.3, -0.25) is 4.79 Å². The molecular formula is C21H21N3O. The Balaban J connectivity index is 1.82. The lowest BCUT2D eigenvalue weighted by molar-refractivity contribution is -0.130. The van der Waals surface area contributed by atoms with Gasteiger partial charge >= 0.3 is 0 Å². The van der Waals surface area contributed by atoms with Gasteiger partial charge in [0, 0.05) is 25.7 Å². The standard InChI is InChI=1S/C21H21N3O/c1-23-13-14-24(20(16-23)18-8-3-2-4-9-18)21(25)12-11-17-7-5-6-10-19(17)15-22/h2-12,20H,13-14,16H2,1H3/b12-11+/t20-/m0/s1. The van der Waals surface area contributed by atoms with Crippen LogP contribution in [0.3, 0.4) is 0 Å². The first-order valence-corrected chi connectivity index (χ1v) is 8.40. The van der Waals surface area contributed by atoms with Gasteiger partial charge in [0.25, 0.3) is 0 Å². The number of carbonyl (C=O) groups excluding carboxylic acids is 1. The minimum atomic E-state index is -0.0188. The summed E-state index contributed by atoms with van der Waals surface area (Å²) in [6.45, 7) is 2.37. The Morgan fingerprint density at radius 1 is 1.12 bits per heavy atom. The molecule has 4 heteroatoms. The van der Waals surface area contributed by atoms with Crippen molar-refractivity contribution in [2.75, 3.05) is 26.7 Å². The molecule has 1 heterocycles. The number of likely N-dealkylation sites (N-methyl/N-ethyl adjacent to an activating group) is 1. The minimum Gasteiger partial charge on any atom is -0.330 e. The lowest BCUT2D eigenvalue weighted by atomic mass is 10.0. The Morgan fingerprint density at radius 2 is 1.84 bits per heavy atom. The van der Waals surface area contributed by atoms with Gasteiger partial charge in [-0.25, -0.2) is 0 Å². The number of nitrogens with zero attached hydrogens (tertiary/aromatic N) is 3. The molecule has 0 N–H and O–H groups in total. The molecule has 1 fully saturated rings. The Hall–Kier alpha value is -2.90. The first-order valence-electron chi connectivity index (χ1n) is 8.40. The van der Waals surface area contributed by atoms with E-state index in [4.69, 9.17) is 5.26 Å². The second-order valence-electron chi connectivity index (χ2n) is 6.25. The van der Waals surface area contributed by atoms with Crippen LogP contribution in [0.1, 0.15) is 22.7 Å². The van der Waals surface area contributed by atoms with Gasteiger partial charge in [-0.05, 0) is 30.3 Å². The van der Waals surface area contributed by atoms with Crippen LogP contribution in [0, 0.1) is 11.3 Å². The molecule has 1 atom stereocenters. The summed E-state index contributed by atoms with van der Waals surface area (Å²) in [5.41, 5.74) is 2.49. The molecule has 2 aromatic carbocycles. The average molecular weight is 331 g/mol. The van der Waals surface area contributed by atoms with E-state index in [1.807, 2.05) is 41.3 Å². The number of amides is 1. The molecule has 0 radical (unpaired) electrons. The number of benzene rings is 2. The highest BCUT2D eigenvalue weighted by molar-refractivity contribution is 5.92. The van der Waals surface area contributed by atoms with E-state index in [1.54, 1.807) is 18.2 Å². The Morgan fingerprint density at radius 3 is 2.60 bits per heavy atom. The van der Waals surface area contributed by atoms with Crippen molar-refractivity contribution in [3.8, 4) is 6.07 Å². The summed E-state index contributed by atoms with van der Waals surface area (Å²) < 4.78 is 0. The fourth-order valence-corrected chi connectivity index (χ4v) is 3.14. The van der Waals surface area contributed by atoms with Crippen LogP contribution in [-0.4, -0.2) is 42.4 Å². The number of piperazine rings is 1. The topological polar surface area (TPSA) is 47.3 Å². The first kappa shape index (κ1) is 16.9. The Bertz CT molecular complexity index is 807. The van der Waals surface area contributed by atoms with E-state index in [9.17, 15) is 4.79 Å². The van der Waals surface area contributed by atoms with Crippen molar-refractivity contribution in [1.29, 1.82) is 5.26 Å². The van der Waals surface area contributed by atoms with Gasteiger partial charge in [-0.1, -0.05) is 48.5 Å². The van der Waals surface area contributed by atoms with Gasteiger partial charge in [0.05, 0.1) is 17.7 Å². The van der Waals surface area contributed by atoms with E-state index in [1.165, 1.54) is 0 Å². The SMILES string of the molecule is CN1CCN(C(=O)/C=C/c2ccccc2C#N)[C@H](c2ccccc2)C1. The van der Waals surface area contributed by atoms with Gasteiger partial charge in [0.15, 0.2) is 0 Å². The van der Waals surface area contributed by atoms with Gasteiger partial charge in [0.1, 0.15) is 0 Å². The summed E-state index contributed by atoms with van der Waals surface area (Å²) in [6, 6.07) is 19.6. The van der Waals surface area contributed by atoms with Crippen molar-refractivity contribution in [3.63, 3.8) is 0 Å². The summed E-state index contributed by atoms with van der Waals surface area (Å²) in [7, 11) is 2.08. The molecule has 126 valence electrons. The van der Waals surface area contributed by atoms with E-state index >= 15 is 0 Å². The van der Waals surface area contributed by atoms with Crippen LogP contribution < -0.4 is 0 Å². The molecule has 25 heavy (non-hydrogen) atoms. The van der Waals surface area contributed by atoms with Gasteiger partial charge < -0.3 is 9.80 Å². The summed E-state index contributed by atoms with van der Waals surface area (Å²) in [5.74, 6) is -0.0188. The van der Waals surface area contributed by atoms with E-state index in [2.05, 4.69) is 30.1 Å². The summed E-state index contributed by atoms with van der Waals surface area (Å²) in [4.78, 5) is 17.0. The molecule has 1 saturated heterocycles. The zero-order chi connectivity index (χ0) is 17.6. The second-order valence-corrected chi connectivity index (χ2v) is 6.25. The highest BCUT2D eigenvalue weighted by Crippen LogP contribution is 2.25. The molecule has 0 aliphatic carbocycles. The molecule has 0 spiro atoms. The zero-order valence-corrected chi connectivity index (χ0v) is 14.3. The largest absolute Gasteiger partial charge is 0.330 e. The summed E-state index contributed by atoms with van der Waals surface area (Å²) in [5, 5.41) is 9.17. The van der Waals surface area contributed by atoms with Gasteiger partial charge in [0.2, 0.25) is 5.91 Å². The third-order valence-electron chi connectivity index (χ3n) is 4.54. The normalized spacial score (nSPS) is 18.2. The Labute approximate surface area is 148 Å². The monoisotopic (exact) mass is 331 g/mol. The van der Waals surface area contributed by atoms with Gasteiger partial charge in [-0.2, -0.15) is 5.26 Å². The molecule has 0 saturated carbocycles. The highest BCUT2D eigenvalue weighted by atomic mass is 16.2. The molecule has 2 aromatic rings. The average Bonchev–Trinajstić information content (AvgIpc) is 2.67. The van der Waals surface area contributed by atoms with E-state index in [0.717, 1.165) is 24.2 Å². The molecule has 0 aromatic heterocycles. The number of carbonyl (C=O) groups is 1. The number of rotatable bonds is 3. The summed E-state index contributed by atoms with van der Waals surface area (Å²) in [6.07, 6.45) is 3.32. The molecule has 1 aliphatic rings. The van der Waals surface area contributed by atoms with E-state index < -0.39 is 0 Å².